The SMILES string of the molecule is CCCCNC(=O)c1cc(-c2csc(-c3ccccc3)n2)n(Cc2cccs2)c1C. The van der Waals surface area contributed by atoms with Gasteiger partial charge in [-0.05, 0) is 30.9 Å². The van der Waals surface area contributed by atoms with Gasteiger partial charge >= 0.3 is 0 Å². The van der Waals surface area contributed by atoms with Crippen molar-refractivity contribution in [3.05, 3.63) is 75.4 Å². The number of rotatable bonds is 8. The fourth-order valence-electron chi connectivity index (χ4n) is 3.43. The van der Waals surface area contributed by atoms with Gasteiger partial charge in [-0.1, -0.05) is 49.7 Å². The van der Waals surface area contributed by atoms with Gasteiger partial charge in [-0.15, -0.1) is 22.7 Å². The first-order valence-electron chi connectivity index (χ1n) is 10.2. The summed E-state index contributed by atoms with van der Waals surface area (Å²) < 4.78 is 2.21. The topological polar surface area (TPSA) is 46.9 Å². The molecule has 0 aliphatic heterocycles. The summed E-state index contributed by atoms with van der Waals surface area (Å²) >= 11 is 3.36. The lowest BCUT2D eigenvalue weighted by molar-refractivity contribution is 0.0952. The summed E-state index contributed by atoms with van der Waals surface area (Å²) in [5.74, 6) is -0.00866. The molecule has 0 atom stereocenters. The van der Waals surface area contributed by atoms with Crippen LogP contribution in [0.1, 0.15) is 40.7 Å². The van der Waals surface area contributed by atoms with Crippen LogP contribution in [0.3, 0.4) is 0 Å². The molecule has 3 heterocycles. The van der Waals surface area contributed by atoms with E-state index in [1.165, 1.54) is 4.88 Å². The van der Waals surface area contributed by atoms with Crippen LogP contribution >= 0.6 is 22.7 Å². The Hall–Kier alpha value is -2.70. The highest BCUT2D eigenvalue weighted by atomic mass is 32.1. The van der Waals surface area contributed by atoms with Gasteiger partial charge in [0.25, 0.3) is 5.91 Å². The summed E-state index contributed by atoms with van der Waals surface area (Å²) in [6.07, 6.45) is 2.05. The van der Waals surface area contributed by atoms with Gasteiger partial charge in [-0.25, -0.2) is 4.98 Å². The summed E-state index contributed by atoms with van der Waals surface area (Å²) in [4.78, 5) is 19.0. The van der Waals surface area contributed by atoms with Gasteiger partial charge in [0.2, 0.25) is 0 Å². The fourth-order valence-corrected chi connectivity index (χ4v) is 4.94. The van der Waals surface area contributed by atoms with E-state index < -0.39 is 0 Å². The quantitative estimate of drug-likeness (QED) is 0.334. The number of aromatic nitrogens is 2. The highest BCUT2D eigenvalue weighted by Gasteiger charge is 2.20. The van der Waals surface area contributed by atoms with Crippen LogP contribution in [0, 0.1) is 6.92 Å². The molecule has 0 unspecified atom stereocenters. The number of hydrogen-bond acceptors (Lipinski definition) is 4. The van der Waals surface area contributed by atoms with Crippen LogP contribution in [0.15, 0.2) is 59.3 Å². The molecule has 4 aromatic rings. The zero-order chi connectivity index (χ0) is 20.9. The van der Waals surface area contributed by atoms with Gasteiger partial charge < -0.3 is 9.88 Å². The maximum Gasteiger partial charge on any atom is 0.253 e. The second-order valence-electron chi connectivity index (χ2n) is 7.21. The molecule has 0 aliphatic carbocycles. The third-order valence-electron chi connectivity index (χ3n) is 5.11. The van der Waals surface area contributed by atoms with Gasteiger partial charge in [0.05, 0.1) is 23.5 Å². The van der Waals surface area contributed by atoms with E-state index in [1.54, 1.807) is 22.7 Å². The van der Waals surface area contributed by atoms with Crippen LogP contribution in [-0.2, 0) is 6.54 Å². The second-order valence-corrected chi connectivity index (χ2v) is 9.10. The van der Waals surface area contributed by atoms with Crippen LogP contribution in [0.25, 0.3) is 22.0 Å². The molecule has 0 saturated heterocycles. The number of hydrogen-bond donors (Lipinski definition) is 1. The number of nitrogens with zero attached hydrogens (tertiary/aromatic N) is 2. The minimum absolute atomic E-state index is 0.00866. The Balaban J connectivity index is 1.71. The minimum atomic E-state index is -0.00866. The Labute approximate surface area is 185 Å². The van der Waals surface area contributed by atoms with Crippen LogP contribution in [0.4, 0.5) is 0 Å². The zero-order valence-corrected chi connectivity index (χ0v) is 18.9. The molecule has 0 aliphatic rings. The highest BCUT2D eigenvalue weighted by molar-refractivity contribution is 7.13. The average molecular weight is 436 g/mol. The van der Waals surface area contributed by atoms with E-state index in [1.807, 2.05) is 31.2 Å². The molecule has 1 N–H and O–H groups in total. The molecule has 0 bridgehead atoms. The van der Waals surface area contributed by atoms with Crippen molar-refractivity contribution in [3.63, 3.8) is 0 Å². The van der Waals surface area contributed by atoms with Crippen molar-refractivity contribution in [3.8, 4) is 22.0 Å². The van der Waals surface area contributed by atoms with Crippen molar-refractivity contribution in [1.82, 2.24) is 14.9 Å². The second kappa shape index (κ2) is 9.41. The first kappa shape index (κ1) is 20.6. The Morgan fingerprint density at radius 1 is 1.13 bits per heavy atom. The predicted octanol–water partition coefficient (Wildman–Crippen LogP) is 6.23. The number of unbranched alkanes of at least 4 members (excludes halogenated alkanes) is 1. The smallest absolute Gasteiger partial charge is 0.253 e. The van der Waals surface area contributed by atoms with Gasteiger partial charge in [0.1, 0.15) is 5.01 Å². The number of nitrogens with one attached hydrogen (secondary N) is 1. The van der Waals surface area contributed by atoms with Crippen LogP contribution < -0.4 is 5.32 Å². The average Bonchev–Trinajstić information content (AvgIpc) is 3.51. The van der Waals surface area contributed by atoms with Gasteiger partial charge in [0.15, 0.2) is 0 Å². The summed E-state index contributed by atoms with van der Waals surface area (Å²) in [5.41, 5.74) is 4.71. The number of carbonyl (C=O) groups excluding carboxylic acids is 1. The first-order valence-corrected chi connectivity index (χ1v) is 12.0. The van der Waals surface area contributed by atoms with E-state index in [0.29, 0.717) is 6.54 Å². The van der Waals surface area contributed by atoms with Crippen molar-refractivity contribution >= 4 is 28.6 Å². The molecule has 0 saturated carbocycles. The molecular weight excluding hydrogens is 410 g/mol. The Morgan fingerprint density at radius 2 is 1.97 bits per heavy atom. The Kier molecular flexibility index (Phi) is 6.45. The number of carbonyl (C=O) groups is 1. The number of thiazole rings is 1. The maximum absolute atomic E-state index is 12.8. The Bertz CT molecular complexity index is 1110. The highest BCUT2D eigenvalue weighted by Crippen LogP contribution is 2.32. The largest absolute Gasteiger partial charge is 0.352 e. The van der Waals surface area contributed by atoms with Gasteiger partial charge in [-0.2, -0.15) is 0 Å². The Morgan fingerprint density at radius 3 is 2.70 bits per heavy atom. The summed E-state index contributed by atoms with van der Waals surface area (Å²) in [7, 11) is 0. The molecular formula is C24H25N3OS2. The van der Waals surface area contributed by atoms with E-state index >= 15 is 0 Å². The third kappa shape index (κ3) is 4.40. The minimum Gasteiger partial charge on any atom is -0.352 e. The fraction of sp³-hybridized carbons (Fsp3) is 0.250. The summed E-state index contributed by atoms with van der Waals surface area (Å²) in [6, 6.07) is 16.4. The molecule has 1 aromatic carbocycles. The van der Waals surface area contributed by atoms with E-state index in [9.17, 15) is 4.79 Å². The summed E-state index contributed by atoms with van der Waals surface area (Å²) in [5, 5.41) is 8.21. The lowest BCUT2D eigenvalue weighted by atomic mass is 10.2. The molecule has 154 valence electrons. The van der Waals surface area contributed by atoms with Gasteiger partial charge in [-0.3, -0.25) is 4.79 Å². The lowest BCUT2D eigenvalue weighted by Crippen LogP contribution is -2.24. The number of thiophene rings is 1. The lowest BCUT2D eigenvalue weighted by Gasteiger charge is -2.10. The maximum atomic E-state index is 12.8. The first-order chi connectivity index (χ1) is 14.7. The molecule has 4 rings (SSSR count). The van der Waals surface area contributed by atoms with Gasteiger partial charge in [0, 0.05) is 28.1 Å². The van der Waals surface area contributed by atoms with E-state index in [-0.39, 0.29) is 5.91 Å². The molecule has 0 spiro atoms. The van der Waals surface area contributed by atoms with Crippen molar-refractivity contribution in [2.75, 3.05) is 6.54 Å². The van der Waals surface area contributed by atoms with Crippen molar-refractivity contribution in [1.29, 1.82) is 0 Å². The molecule has 1 amide bonds. The van der Waals surface area contributed by atoms with Crippen molar-refractivity contribution in [2.45, 2.75) is 33.2 Å². The van der Waals surface area contributed by atoms with Crippen LogP contribution in [0.5, 0.6) is 0 Å². The monoisotopic (exact) mass is 435 g/mol. The van der Waals surface area contributed by atoms with E-state index in [4.69, 9.17) is 4.98 Å². The van der Waals surface area contributed by atoms with E-state index in [2.05, 4.69) is 51.8 Å². The van der Waals surface area contributed by atoms with Crippen LogP contribution in [-0.4, -0.2) is 22.0 Å². The molecule has 0 fully saturated rings. The molecule has 6 heteroatoms. The normalized spacial score (nSPS) is 11.0. The number of amides is 1. The van der Waals surface area contributed by atoms with E-state index in [0.717, 1.165) is 52.6 Å². The number of benzene rings is 1. The summed E-state index contributed by atoms with van der Waals surface area (Å²) in [6.45, 7) is 5.59. The predicted molar refractivity (Wildman–Crippen MR) is 126 cm³/mol. The molecule has 4 nitrogen and oxygen atoms in total. The van der Waals surface area contributed by atoms with Crippen molar-refractivity contribution < 1.29 is 4.79 Å². The molecule has 30 heavy (non-hydrogen) atoms. The van der Waals surface area contributed by atoms with Crippen LogP contribution in [0.2, 0.25) is 0 Å². The third-order valence-corrected chi connectivity index (χ3v) is 6.86. The zero-order valence-electron chi connectivity index (χ0n) is 17.2. The molecule has 3 aromatic heterocycles. The van der Waals surface area contributed by atoms with Crippen molar-refractivity contribution in [2.24, 2.45) is 0 Å². The standard InChI is InChI=1S/C24H25N3OS2/c1-3-4-12-25-23(28)20-14-22(27(17(20)2)15-19-11-8-13-29-19)21-16-30-24(26-21)18-9-6-5-7-10-18/h5-11,13-14,16H,3-4,12,15H2,1-2H3,(H,25,28). The molecule has 0 radical (unpaired) electrons.